The van der Waals surface area contributed by atoms with E-state index in [1.807, 2.05) is 0 Å². The molecule has 0 fully saturated rings. The highest BCUT2D eigenvalue weighted by atomic mass is 79.9. The minimum absolute atomic E-state index is 0.0780. The molecule has 2 aromatic carbocycles. The van der Waals surface area contributed by atoms with Crippen molar-refractivity contribution in [3.05, 3.63) is 65.5 Å². The summed E-state index contributed by atoms with van der Waals surface area (Å²) in [6, 6.07) is 12.0. The molecule has 0 unspecified atom stereocenters. The molecule has 0 N–H and O–H groups in total. The van der Waals surface area contributed by atoms with E-state index in [1.165, 1.54) is 30.3 Å². The smallest absolute Gasteiger partial charge is 0.350 e. The molecule has 2 heterocycles. The molecule has 4 rings (SSSR count). The first-order valence-corrected chi connectivity index (χ1v) is 9.31. The molecule has 148 valence electrons. The molecule has 0 aliphatic rings. The monoisotopic (exact) mass is 467 g/mol. The first-order chi connectivity index (χ1) is 13.9. The molecule has 5 nitrogen and oxygen atoms in total. The molecule has 0 atom stereocenters. The highest BCUT2D eigenvalue weighted by Gasteiger charge is 2.42. The van der Waals surface area contributed by atoms with Crippen LogP contribution in [0.25, 0.3) is 34.3 Å². The molecule has 0 aliphatic heterocycles. The van der Waals surface area contributed by atoms with Gasteiger partial charge in [0, 0.05) is 16.5 Å². The third-order valence-corrected chi connectivity index (χ3v) is 4.70. The number of hydrogen-bond acceptors (Lipinski definition) is 5. The number of hydrogen-bond donors (Lipinski definition) is 0. The van der Waals surface area contributed by atoms with Gasteiger partial charge in [0.05, 0.1) is 0 Å². The van der Waals surface area contributed by atoms with Crippen LogP contribution in [0.15, 0.2) is 57.6 Å². The molecule has 0 radical (unpaired) electrons. The first-order valence-electron chi connectivity index (χ1n) is 8.19. The fourth-order valence-electron chi connectivity index (χ4n) is 2.72. The summed E-state index contributed by atoms with van der Waals surface area (Å²) in [5.41, 5.74) is -0.625. The van der Waals surface area contributed by atoms with Crippen molar-refractivity contribution in [1.29, 1.82) is 0 Å². The summed E-state index contributed by atoms with van der Waals surface area (Å²) in [4.78, 5) is 3.94. The summed E-state index contributed by atoms with van der Waals surface area (Å²) in [5, 5.41) is 7.52. The van der Waals surface area contributed by atoms with Crippen LogP contribution in [0, 0.1) is 5.82 Å². The quantitative estimate of drug-likeness (QED) is 0.267. The van der Waals surface area contributed by atoms with E-state index in [1.54, 1.807) is 18.2 Å². The molecule has 0 aliphatic carbocycles. The van der Waals surface area contributed by atoms with Gasteiger partial charge in [0.25, 0.3) is 5.89 Å². The van der Waals surface area contributed by atoms with Crippen LogP contribution in [-0.2, 0) is 11.5 Å². The summed E-state index contributed by atoms with van der Waals surface area (Å²) in [6.07, 6.45) is -4.78. The van der Waals surface area contributed by atoms with Gasteiger partial charge in [0.1, 0.15) is 17.1 Å². The average Bonchev–Trinajstić information content (AvgIpc) is 3.35. The third-order valence-electron chi connectivity index (χ3n) is 4.10. The normalized spacial score (nSPS) is 11.8. The highest BCUT2D eigenvalue weighted by molar-refractivity contribution is 9.08. The van der Waals surface area contributed by atoms with E-state index in [-0.39, 0.29) is 22.6 Å². The molecule has 0 bridgehead atoms. The van der Waals surface area contributed by atoms with Crippen LogP contribution in [0.2, 0.25) is 0 Å². The van der Waals surface area contributed by atoms with Gasteiger partial charge in [-0.2, -0.15) is 18.2 Å². The van der Waals surface area contributed by atoms with Gasteiger partial charge in [0.15, 0.2) is 0 Å². The maximum absolute atomic E-state index is 14.0. The summed E-state index contributed by atoms with van der Waals surface area (Å²) in [7, 11) is 0. The average molecular weight is 468 g/mol. The van der Waals surface area contributed by atoms with Gasteiger partial charge < -0.3 is 9.05 Å². The maximum Gasteiger partial charge on any atom is 0.422 e. The predicted octanol–water partition coefficient (Wildman–Crippen LogP) is 6.11. The van der Waals surface area contributed by atoms with Crippen LogP contribution in [0.5, 0.6) is 0 Å². The van der Waals surface area contributed by atoms with Crippen molar-refractivity contribution >= 4 is 15.9 Å². The summed E-state index contributed by atoms with van der Waals surface area (Å²) >= 11 is 3.16. The van der Waals surface area contributed by atoms with Gasteiger partial charge in [-0.1, -0.05) is 68.7 Å². The van der Waals surface area contributed by atoms with Gasteiger partial charge in [0.2, 0.25) is 11.6 Å². The van der Waals surface area contributed by atoms with Gasteiger partial charge >= 0.3 is 6.18 Å². The van der Waals surface area contributed by atoms with E-state index in [0.29, 0.717) is 10.9 Å². The Morgan fingerprint density at radius 2 is 1.69 bits per heavy atom. The topological polar surface area (TPSA) is 65.0 Å². The van der Waals surface area contributed by atoms with Gasteiger partial charge in [-0.25, -0.2) is 4.39 Å². The van der Waals surface area contributed by atoms with E-state index in [4.69, 9.17) is 9.05 Å². The second kappa shape index (κ2) is 7.43. The van der Waals surface area contributed by atoms with E-state index < -0.39 is 29.2 Å². The van der Waals surface area contributed by atoms with E-state index >= 15 is 0 Å². The van der Waals surface area contributed by atoms with Crippen LogP contribution in [0.1, 0.15) is 11.1 Å². The lowest BCUT2D eigenvalue weighted by Crippen LogP contribution is -2.07. The predicted molar refractivity (Wildman–Crippen MR) is 98.3 cm³/mol. The van der Waals surface area contributed by atoms with Crippen molar-refractivity contribution in [2.75, 3.05) is 0 Å². The van der Waals surface area contributed by atoms with E-state index in [2.05, 4.69) is 31.2 Å². The molecule has 4 aromatic rings. The molecule has 2 aromatic heterocycles. The lowest BCUT2D eigenvalue weighted by molar-refractivity contribution is -0.136. The Bertz CT molecular complexity index is 1160. The standard InChI is InChI=1S/C19H10BrF4N3O2/c20-9-12-7-6-11(8-13(12)21)17-25-18(29-27-17)16-14(19(22,23)24)15(26-28-16)10-4-2-1-3-5-10/h1-8H,9H2. The van der Waals surface area contributed by atoms with Crippen LogP contribution in [0.3, 0.4) is 0 Å². The molecule has 0 saturated heterocycles. The van der Waals surface area contributed by atoms with Crippen molar-refractivity contribution in [3.63, 3.8) is 0 Å². The van der Waals surface area contributed by atoms with Crippen LogP contribution in [-0.4, -0.2) is 15.3 Å². The van der Waals surface area contributed by atoms with Crippen LogP contribution < -0.4 is 0 Å². The SMILES string of the molecule is Fc1cc(-c2noc(-c3onc(-c4ccccc4)c3C(F)(F)F)n2)ccc1CBr. The van der Waals surface area contributed by atoms with Crippen LogP contribution in [0.4, 0.5) is 17.6 Å². The molecule has 0 spiro atoms. The molecule has 29 heavy (non-hydrogen) atoms. The zero-order valence-corrected chi connectivity index (χ0v) is 16.0. The van der Waals surface area contributed by atoms with E-state index in [0.717, 1.165) is 0 Å². The minimum atomic E-state index is -4.78. The fourth-order valence-corrected chi connectivity index (χ4v) is 3.17. The summed E-state index contributed by atoms with van der Waals surface area (Å²) in [6.45, 7) is 0. The minimum Gasteiger partial charge on any atom is -0.350 e. The zero-order chi connectivity index (χ0) is 20.6. The Morgan fingerprint density at radius 3 is 2.34 bits per heavy atom. The Labute approximate surface area is 169 Å². The molecule has 0 saturated carbocycles. The molecule has 10 heteroatoms. The lowest BCUT2D eigenvalue weighted by Gasteiger charge is -2.06. The lowest BCUT2D eigenvalue weighted by atomic mass is 10.1. The Balaban J connectivity index is 1.79. The second-order valence-electron chi connectivity index (χ2n) is 5.96. The van der Waals surface area contributed by atoms with Crippen molar-refractivity contribution < 1.29 is 26.6 Å². The van der Waals surface area contributed by atoms with Crippen molar-refractivity contribution in [2.45, 2.75) is 11.5 Å². The molecular formula is C19H10BrF4N3O2. The summed E-state index contributed by atoms with van der Waals surface area (Å²) < 4.78 is 65.1. The number of benzene rings is 2. The first kappa shape index (κ1) is 19.3. The third kappa shape index (κ3) is 3.67. The van der Waals surface area contributed by atoms with Gasteiger partial charge in [-0.3, -0.25) is 0 Å². The summed E-state index contributed by atoms with van der Waals surface area (Å²) in [5.74, 6) is -1.79. The molecule has 0 amide bonds. The number of alkyl halides is 4. The number of halogens is 5. The van der Waals surface area contributed by atoms with Gasteiger partial charge in [-0.15, -0.1) is 0 Å². The Morgan fingerprint density at radius 1 is 0.931 bits per heavy atom. The highest BCUT2D eigenvalue weighted by Crippen LogP contribution is 2.43. The van der Waals surface area contributed by atoms with Crippen LogP contribution >= 0.6 is 15.9 Å². The van der Waals surface area contributed by atoms with Gasteiger partial charge in [-0.05, 0) is 11.6 Å². The van der Waals surface area contributed by atoms with Crippen molar-refractivity contribution in [1.82, 2.24) is 15.3 Å². The second-order valence-corrected chi connectivity index (χ2v) is 6.52. The largest absolute Gasteiger partial charge is 0.422 e. The number of rotatable bonds is 4. The number of nitrogens with zero attached hydrogens (tertiary/aromatic N) is 3. The van der Waals surface area contributed by atoms with Crippen molar-refractivity contribution in [3.8, 4) is 34.3 Å². The number of aromatic nitrogens is 3. The van der Waals surface area contributed by atoms with E-state index in [9.17, 15) is 17.6 Å². The van der Waals surface area contributed by atoms with Crippen molar-refractivity contribution in [2.24, 2.45) is 0 Å². The maximum atomic E-state index is 14.0. The Kier molecular flexibility index (Phi) is 4.95. The zero-order valence-electron chi connectivity index (χ0n) is 14.4. The fraction of sp³-hybridized carbons (Fsp3) is 0.105. The Hall–Kier alpha value is -3.01. The molecular weight excluding hydrogens is 458 g/mol.